The summed E-state index contributed by atoms with van der Waals surface area (Å²) in [5.74, 6) is 6.91. The van der Waals surface area contributed by atoms with Crippen LogP contribution in [0, 0.1) is 0 Å². The van der Waals surface area contributed by atoms with E-state index in [-0.39, 0.29) is 52.9 Å². The average Bonchev–Trinajstić information content (AvgIpc) is 3.48. The smallest absolute Gasteiger partial charge is 0.161 e. The van der Waals surface area contributed by atoms with Gasteiger partial charge in [0.05, 0.1) is 54.9 Å². The highest BCUT2D eigenvalue weighted by atomic mass is 79.9. The molecule has 0 atom stereocenters. The van der Waals surface area contributed by atoms with Crippen LogP contribution in [0.3, 0.4) is 0 Å². The van der Waals surface area contributed by atoms with Crippen LogP contribution in [0.5, 0.6) is 69.0 Å². The third kappa shape index (κ3) is 17.4. The zero-order valence-electron chi connectivity index (χ0n) is 46.6. The summed E-state index contributed by atoms with van der Waals surface area (Å²) in [5, 5.41) is 0. The molecular formula is C64H68Br4O14. The minimum absolute atomic E-state index is 0.217. The van der Waals surface area contributed by atoms with Gasteiger partial charge in [0.2, 0.25) is 0 Å². The summed E-state index contributed by atoms with van der Waals surface area (Å²) < 4.78 is 88.8. The third-order valence-electron chi connectivity index (χ3n) is 12.8. The molecule has 0 aliphatic carbocycles. The molecule has 6 aromatic carbocycles. The van der Waals surface area contributed by atoms with Gasteiger partial charge in [-0.25, -0.2) is 0 Å². The summed E-state index contributed by atoms with van der Waals surface area (Å²) in [7, 11) is 6.45. The Kier molecular flexibility index (Phi) is 25.1. The van der Waals surface area contributed by atoms with Gasteiger partial charge in [-0.05, 0) is 143 Å². The van der Waals surface area contributed by atoms with E-state index < -0.39 is 0 Å². The lowest BCUT2D eigenvalue weighted by molar-refractivity contribution is 0.0639. The van der Waals surface area contributed by atoms with Gasteiger partial charge < -0.3 is 66.3 Å². The van der Waals surface area contributed by atoms with Crippen LogP contribution in [0.15, 0.2) is 141 Å². The molecule has 0 saturated carbocycles. The first-order valence-electron chi connectivity index (χ1n) is 26.3. The fourth-order valence-electron chi connectivity index (χ4n) is 8.80. The molecule has 0 bridgehead atoms. The Balaban J connectivity index is 1.19. The van der Waals surface area contributed by atoms with Crippen molar-refractivity contribution in [2.24, 2.45) is 0 Å². The van der Waals surface area contributed by atoms with Crippen molar-refractivity contribution in [2.75, 3.05) is 108 Å². The molecule has 7 rings (SSSR count). The van der Waals surface area contributed by atoms with Crippen molar-refractivity contribution in [3.8, 4) is 69.0 Å². The number of halogens is 4. The summed E-state index contributed by atoms with van der Waals surface area (Å²) >= 11 is 15.2. The number of methoxy groups -OCH3 is 4. The minimum Gasteiger partial charge on any atom is -0.493 e. The molecule has 6 aromatic rings. The van der Waals surface area contributed by atoms with Crippen molar-refractivity contribution < 1.29 is 66.3 Å². The van der Waals surface area contributed by atoms with Gasteiger partial charge in [0.25, 0.3) is 0 Å². The van der Waals surface area contributed by atoms with Crippen LogP contribution in [0.25, 0.3) is 0 Å². The molecule has 0 N–H and O–H groups in total. The zero-order chi connectivity index (χ0) is 58.4. The summed E-state index contributed by atoms with van der Waals surface area (Å²) in [6.07, 6.45) is 8.74. The second kappa shape index (κ2) is 32.5. The van der Waals surface area contributed by atoms with Gasteiger partial charge in [-0.15, -0.1) is 0 Å². The first kappa shape index (κ1) is 63.3. The highest BCUT2D eigenvalue weighted by Gasteiger charge is 2.22. The van der Waals surface area contributed by atoms with Crippen LogP contribution in [-0.2, 0) is 35.2 Å². The van der Waals surface area contributed by atoms with Gasteiger partial charge in [-0.2, -0.15) is 0 Å². The normalized spacial score (nSPS) is 12.9. The van der Waals surface area contributed by atoms with E-state index in [2.05, 4.69) is 90.0 Å². The van der Waals surface area contributed by atoms with E-state index in [1.54, 1.807) is 52.7 Å². The Morgan fingerprint density at radius 3 is 0.732 bits per heavy atom. The summed E-state index contributed by atoms with van der Waals surface area (Å²) in [6.45, 7) is 18.5. The number of fused-ring (bicyclic) bond motifs is 2. The Morgan fingerprint density at radius 2 is 0.537 bits per heavy atom. The second-order valence-electron chi connectivity index (χ2n) is 18.2. The standard InChI is InChI=1S/C64H68Br4O14/c1-9-13-75-57-33-45(49(65)37-53(57)69-5)25-41-29-61-62(30-42(41)26-46-34-58(76-14-10-2)54(70-6)38-50(46)66)80-22-18-74-20-24-82-64-32-44(28-48-36-60(78-16-12-4)56(72-8)40-52(48)68)43(31-63(64)81-23-19-73-17-21-79-61)27-47-35-59(77-15-11-3)55(71-7)39-51(47)67/h9-12,29-40H,1-4,13-28H2,5-8H3. The van der Waals surface area contributed by atoms with E-state index in [9.17, 15) is 0 Å². The van der Waals surface area contributed by atoms with Crippen molar-refractivity contribution in [2.45, 2.75) is 25.7 Å². The largest absolute Gasteiger partial charge is 0.493 e. The SMILES string of the molecule is C=CCOc1cc(Cc2cc3c(cc2Cc2cc(OCC=C)c(OC)cc2Br)OCCOCCOc2cc(Cc4cc(OCC=C)c(OC)cc4Br)c(Cc4cc(OCC=C)c(OC)cc4Br)cc2OCCOCCO3)c(Br)cc1OC. The minimum atomic E-state index is 0.217. The number of benzene rings is 6. The second-order valence-corrected chi connectivity index (χ2v) is 21.7. The van der Waals surface area contributed by atoms with Crippen molar-refractivity contribution in [1.29, 1.82) is 0 Å². The Morgan fingerprint density at radius 1 is 0.317 bits per heavy atom. The molecular weight excluding hydrogens is 1310 g/mol. The molecule has 0 amide bonds. The fraction of sp³-hybridized carbons (Fsp3) is 0.312. The van der Waals surface area contributed by atoms with Crippen LogP contribution in [-0.4, -0.2) is 108 Å². The van der Waals surface area contributed by atoms with Gasteiger partial charge in [0, 0.05) is 17.9 Å². The molecule has 1 aliphatic heterocycles. The van der Waals surface area contributed by atoms with Crippen molar-refractivity contribution in [1.82, 2.24) is 0 Å². The van der Waals surface area contributed by atoms with Crippen molar-refractivity contribution in [3.63, 3.8) is 0 Å². The van der Waals surface area contributed by atoms with Crippen LogP contribution in [0.4, 0.5) is 0 Å². The first-order valence-corrected chi connectivity index (χ1v) is 29.5. The lowest BCUT2D eigenvalue weighted by atomic mass is 9.94. The van der Waals surface area contributed by atoms with Crippen LogP contribution < -0.4 is 56.8 Å². The van der Waals surface area contributed by atoms with Crippen LogP contribution in [0.1, 0.15) is 44.5 Å². The fourth-order valence-corrected chi connectivity index (χ4v) is 10.6. The van der Waals surface area contributed by atoms with E-state index in [1.807, 2.05) is 72.8 Å². The molecule has 0 spiro atoms. The molecule has 0 fully saturated rings. The molecule has 18 heteroatoms. The number of rotatable bonds is 24. The number of ether oxygens (including phenoxy) is 14. The Hall–Kier alpha value is -6.28. The molecule has 0 saturated heterocycles. The molecule has 82 heavy (non-hydrogen) atoms. The van der Waals surface area contributed by atoms with E-state index in [0.717, 1.165) is 62.4 Å². The maximum Gasteiger partial charge on any atom is 0.161 e. The number of hydrogen-bond acceptors (Lipinski definition) is 14. The van der Waals surface area contributed by atoms with Gasteiger partial charge in [-0.1, -0.05) is 114 Å². The van der Waals surface area contributed by atoms with Crippen LogP contribution >= 0.6 is 63.7 Å². The molecule has 1 aliphatic rings. The van der Waals surface area contributed by atoms with Crippen molar-refractivity contribution >= 4 is 63.7 Å². The third-order valence-corrected chi connectivity index (χ3v) is 15.7. The molecule has 436 valence electrons. The maximum atomic E-state index is 6.55. The maximum absolute atomic E-state index is 6.55. The van der Waals surface area contributed by atoms with Crippen LogP contribution in [0.2, 0.25) is 0 Å². The highest BCUT2D eigenvalue weighted by molar-refractivity contribution is 9.11. The summed E-state index contributed by atoms with van der Waals surface area (Å²) in [5.41, 5.74) is 7.74. The topological polar surface area (TPSA) is 129 Å². The van der Waals surface area contributed by atoms with E-state index in [1.165, 1.54) is 0 Å². The predicted octanol–water partition coefficient (Wildman–Crippen LogP) is 14.7. The highest BCUT2D eigenvalue weighted by Crippen LogP contribution is 2.43. The predicted molar refractivity (Wildman–Crippen MR) is 333 cm³/mol. The summed E-state index contributed by atoms with van der Waals surface area (Å²) in [6, 6.07) is 23.6. The summed E-state index contributed by atoms with van der Waals surface area (Å²) in [4.78, 5) is 0. The molecule has 0 radical (unpaired) electrons. The van der Waals surface area contributed by atoms with E-state index in [0.29, 0.717) is 121 Å². The quantitative estimate of drug-likeness (QED) is 0.0533. The Bertz CT molecular complexity index is 2750. The van der Waals surface area contributed by atoms with Gasteiger partial charge >= 0.3 is 0 Å². The van der Waals surface area contributed by atoms with E-state index in [4.69, 9.17) is 66.3 Å². The van der Waals surface area contributed by atoms with Gasteiger partial charge in [0.1, 0.15) is 52.9 Å². The van der Waals surface area contributed by atoms with Gasteiger partial charge in [0.15, 0.2) is 69.0 Å². The first-order chi connectivity index (χ1) is 39.9. The molecule has 1 heterocycles. The molecule has 0 aromatic heterocycles. The Labute approximate surface area is 514 Å². The van der Waals surface area contributed by atoms with Gasteiger partial charge in [-0.3, -0.25) is 0 Å². The zero-order valence-corrected chi connectivity index (χ0v) is 53.0. The average molecular weight is 1380 g/mol. The molecule has 0 unspecified atom stereocenters. The number of hydrogen-bond donors (Lipinski definition) is 0. The van der Waals surface area contributed by atoms with E-state index >= 15 is 0 Å². The van der Waals surface area contributed by atoms with Crippen molar-refractivity contribution in [3.05, 3.63) is 186 Å². The lowest BCUT2D eigenvalue weighted by Crippen LogP contribution is -2.16. The lowest BCUT2D eigenvalue weighted by Gasteiger charge is -2.21. The molecule has 14 nitrogen and oxygen atoms in total. The monoisotopic (exact) mass is 1380 g/mol.